The number of aliphatic carboxylic acids is 1. The summed E-state index contributed by atoms with van der Waals surface area (Å²) in [5, 5.41) is 20.1. The minimum absolute atomic E-state index is 0.00278. The van der Waals surface area contributed by atoms with Crippen LogP contribution in [0, 0.1) is 37.0 Å². The molecule has 2 saturated heterocycles. The van der Waals surface area contributed by atoms with Crippen molar-refractivity contribution in [2.24, 2.45) is 15.0 Å². The van der Waals surface area contributed by atoms with Crippen molar-refractivity contribution in [3.8, 4) is 37.0 Å². The van der Waals surface area contributed by atoms with Crippen LogP contribution in [-0.4, -0.2) is 173 Å². The van der Waals surface area contributed by atoms with Crippen molar-refractivity contribution >= 4 is 76.7 Å². The number of nitrogens with one attached hydrogen (secondary N) is 1. The molecule has 3 N–H and O–H groups in total. The molecule has 18 nitrogen and oxygen atoms in total. The number of aliphatic imine (C=N–C) groups is 3. The summed E-state index contributed by atoms with van der Waals surface area (Å²) in [5.74, 6) is 5.90. The maximum absolute atomic E-state index is 12.1. The van der Waals surface area contributed by atoms with Crippen LogP contribution in [-0.2, 0) is 38.4 Å². The Bertz CT molecular complexity index is 1800. The second-order valence-corrected chi connectivity index (χ2v) is 19.6. The molecule has 0 radical (unpaired) electrons. The van der Waals surface area contributed by atoms with Crippen LogP contribution in [0.25, 0.3) is 0 Å². The zero-order chi connectivity index (χ0) is 55.7. The molecule has 2 unspecified atom stereocenters. The van der Waals surface area contributed by atoms with Crippen LogP contribution in [0.4, 0.5) is 0 Å². The van der Waals surface area contributed by atoms with Gasteiger partial charge in [0, 0.05) is 45.3 Å². The topological polar surface area (TPSA) is 231 Å². The zero-order valence-corrected chi connectivity index (χ0v) is 46.9. The lowest BCUT2D eigenvalue weighted by atomic mass is 10.2. The number of likely N-dealkylation sites (N-methyl/N-ethyl adjacent to an activating group) is 1. The molecule has 0 saturated carbocycles. The number of hydrogen-bond donors (Lipinski definition) is 3. The lowest BCUT2D eigenvalue weighted by molar-refractivity contribution is -0.197. The molecule has 0 aromatic rings. The SMILES string of the molecule is C#CCCC(=O)C(=NCCCN(C)C)NCC.C#CCCC(=O)O.C#CCCC(=O)ON1C(=O)CC(SCCCCCCC)C1=O.CCCCCCCSC1CC(=O)N(O)C1=O.CCN=C=NCCCN(C)C. The van der Waals surface area contributed by atoms with Crippen molar-refractivity contribution in [2.45, 2.75) is 167 Å². The Kier molecular flexibility index (Phi) is 50.0. The predicted octanol–water partition coefficient (Wildman–Crippen LogP) is 7.44. The molecule has 73 heavy (non-hydrogen) atoms. The molecule has 0 aliphatic carbocycles. The molecule has 2 aliphatic rings. The van der Waals surface area contributed by atoms with Crippen LogP contribution in [0.15, 0.2) is 15.0 Å². The van der Waals surface area contributed by atoms with Gasteiger partial charge in [0.25, 0.3) is 23.6 Å². The Labute approximate surface area is 446 Å². The van der Waals surface area contributed by atoms with Crippen molar-refractivity contribution in [2.75, 3.05) is 79.0 Å². The smallest absolute Gasteiger partial charge is 0.334 e. The minimum atomic E-state index is -0.835. The molecule has 2 fully saturated rings. The number of ketones is 1. The van der Waals surface area contributed by atoms with Crippen molar-refractivity contribution in [1.29, 1.82) is 0 Å². The third-order valence-corrected chi connectivity index (χ3v) is 12.3. The second kappa shape index (κ2) is 50.5. The molecule has 0 spiro atoms. The molecule has 412 valence electrons. The number of carboxylic acid groups (broad SMARTS) is 1. The summed E-state index contributed by atoms with van der Waals surface area (Å²) in [4.78, 5) is 100. The molecule has 4 amide bonds. The summed E-state index contributed by atoms with van der Waals surface area (Å²) < 4.78 is 0. The Morgan fingerprint density at radius 3 is 1.63 bits per heavy atom. The minimum Gasteiger partial charge on any atom is -0.481 e. The summed E-state index contributed by atoms with van der Waals surface area (Å²) in [6, 6.07) is 2.64. The number of terminal acetylenes is 3. The molecule has 0 aromatic heterocycles. The number of amidine groups is 1. The van der Waals surface area contributed by atoms with Gasteiger partial charge in [-0.05, 0) is 92.3 Å². The standard InChI is InChI=1S/C16H23NO4S.C13H23N3O.C11H19NO3S.C8H17N3.C5H6O2/c1-3-5-7-8-9-11-22-13-12-14(18)17(16(13)20)21-15(19)10-6-4-2;1-5-7-9-12(17)13(14-6-2)15-10-8-11-16(3)4;1-2-3-4-5-6-7-16-9-8-10(13)12(15)11(9)14;1-4-9-8-10-6-5-7-11(2)3;1-2-3-4-5(6)7/h2,13H,3,5-12H2,1H3;1H,6-11H2,2-4H3,(H,14,15);9,15H,2-8H2,1H3;4-7H2,1-3H3;1H,3-4H2,(H,6,7). The van der Waals surface area contributed by atoms with E-state index in [1.54, 1.807) is 0 Å². The van der Waals surface area contributed by atoms with Gasteiger partial charge in [0.15, 0.2) is 11.6 Å². The number of carboxylic acids is 1. The van der Waals surface area contributed by atoms with E-state index in [-0.39, 0.29) is 48.2 Å². The number of imide groups is 2. The first-order valence-corrected chi connectivity index (χ1v) is 27.6. The summed E-state index contributed by atoms with van der Waals surface area (Å²) in [6.07, 6.45) is 30.5. The van der Waals surface area contributed by atoms with Crippen LogP contribution in [0.2, 0.25) is 0 Å². The Hall–Kier alpha value is -5.00. The maximum Gasteiger partial charge on any atom is 0.334 e. The van der Waals surface area contributed by atoms with Crippen LogP contribution < -0.4 is 5.32 Å². The molecule has 2 rings (SSSR count). The summed E-state index contributed by atoms with van der Waals surface area (Å²) in [7, 11) is 8.16. The van der Waals surface area contributed by atoms with E-state index in [0.717, 1.165) is 69.8 Å². The zero-order valence-electron chi connectivity index (χ0n) is 45.3. The summed E-state index contributed by atoms with van der Waals surface area (Å²) in [5.41, 5.74) is 0. The van der Waals surface area contributed by atoms with Crippen molar-refractivity contribution in [3.63, 3.8) is 0 Å². The fourth-order valence-electron chi connectivity index (χ4n) is 5.82. The average Bonchev–Trinajstić information content (AvgIpc) is 3.76. The predicted molar refractivity (Wildman–Crippen MR) is 295 cm³/mol. The van der Waals surface area contributed by atoms with E-state index < -0.39 is 40.8 Å². The number of carbonyl (C=O) groups is 7. The van der Waals surface area contributed by atoms with E-state index >= 15 is 0 Å². The number of rotatable bonds is 32. The largest absolute Gasteiger partial charge is 0.481 e. The third-order valence-electron chi connectivity index (χ3n) is 9.74. The Morgan fingerprint density at radius 1 is 0.685 bits per heavy atom. The normalized spacial score (nSPS) is 14.7. The number of nitrogens with zero attached hydrogens (tertiary/aromatic N) is 7. The lowest BCUT2D eigenvalue weighted by Gasteiger charge is -2.13. The molecule has 2 heterocycles. The lowest BCUT2D eigenvalue weighted by Crippen LogP contribution is -2.33. The van der Waals surface area contributed by atoms with E-state index in [0.29, 0.717) is 43.3 Å². The van der Waals surface area contributed by atoms with E-state index in [4.69, 9.17) is 34.4 Å². The van der Waals surface area contributed by atoms with Gasteiger partial charge in [-0.25, -0.2) is 14.8 Å². The highest BCUT2D eigenvalue weighted by Gasteiger charge is 2.42. The summed E-state index contributed by atoms with van der Waals surface area (Å²) in [6.45, 7) is 13.3. The first-order valence-electron chi connectivity index (χ1n) is 25.5. The summed E-state index contributed by atoms with van der Waals surface area (Å²) >= 11 is 2.95. The molecule has 20 heteroatoms. The van der Waals surface area contributed by atoms with E-state index in [1.165, 1.54) is 68.5 Å². The average molecular weight is 1060 g/mol. The van der Waals surface area contributed by atoms with E-state index in [2.05, 4.69) is 81.8 Å². The number of amides is 4. The molecular formula is C53H88N8O10S2. The van der Waals surface area contributed by atoms with E-state index in [1.807, 2.05) is 27.9 Å². The Morgan fingerprint density at radius 2 is 1.18 bits per heavy atom. The van der Waals surface area contributed by atoms with Gasteiger partial charge >= 0.3 is 11.9 Å². The monoisotopic (exact) mass is 1060 g/mol. The number of unbranched alkanes of at least 4 members (excludes halogenated alkanes) is 8. The first kappa shape index (κ1) is 72.2. The Balaban J connectivity index is -0.000000875. The van der Waals surface area contributed by atoms with Gasteiger partial charge < -0.3 is 25.1 Å². The van der Waals surface area contributed by atoms with Crippen LogP contribution in [0.1, 0.15) is 156 Å². The first-order chi connectivity index (χ1) is 34.9. The van der Waals surface area contributed by atoms with E-state index in [9.17, 15) is 33.6 Å². The maximum atomic E-state index is 12.1. The number of thioether (sulfide) groups is 2. The second-order valence-electron chi connectivity index (χ2n) is 16.9. The number of carbonyl (C=O) groups excluding carboxylic acids is 6. The number of hydroxylamine groups is 4. The van der Waals surface area contributed by atoms with Crippen LogP contribution >= 0.6 is 23.5 Å². The highest BCUT2D eigenvalue weighted by atomic mass is 32.2. The van der Waals surface area contributed by atoms with Gasteiger partial charge in [-0.3, -0.25) is 39.0 Å². The fraction of sp³-hybridized carbons (Fsp3) is 0.717. The van der Waals surface area contributed by atoms with Gasteiger partial charge in [-0.15, -0.1) is 65.6 Å². The number of hydrogen-bond acceptors (Lipinski definition) is 16. The van der Waals surface area contributed by atoms with Gasteiger partial charge in [-0.2, -0.15) is 5.06 Å². The van der Waals surface area contributed by atoms with Gasteiger partial charge in [0.05, 0.1) is 48.7 Å². The molecule has 2 atom stereocenters. The molecule has 0 bridgehead atoms. The van der Waals surface area contributed by atoms with Gasteiger partial charge in [-0.1, -0.05) is 65.2 Å². The van der Waals surface area contributed by atoms with Gasteiger partial charge in [0.2, 0.25) is 0 Å². The van der Waals surface area contributed by atoms with Crippen molar-refractivity contribution < 1.29 is 48.7 Å². The van der Waals surface area contributed by atoms with Crippen molar-refractivity contribution in [3.05, 3.63) is 0 Å². The third kappa shape index (κ3) is 43.1. The van der Waals surface area contributed by atoms with Crippen molar-refractivity contribution in [1.82, 2.24) is 25.2 Å². The molecular weight excluding hydrogens is 973 g/mol. The quantitative estimate of drug-likeness (QED) is 0.0148. The van der Waals surface area contributed by atoms with Crippen LogP contribution in [0.5, 0.6) is 0 Å². The molecule has 2 aliphatic heterocycles. The molecule has 0 aromatic carbocycles. The highest BCUT2D eigenvalue weighted by molar-refractivity contribution is 8.00. The van der Waals surface area contributed by atoms with Gasteiger partial charge in [0.1, 0.15) is 0 Å². The fourth-order valence-corrected chi connectivity index (χ4v) is 8.13. The number of Topliss-reactive ketones (excluding diaryl/α,β-unsaturated/α-hetero) is 1. The van der Waals surface area contributed by atoms with Crippen LogP contribution in [0.3, 0.4) is 0 Å². The highest BCUT2D eigenvalue weighted by Crippen LogP contribution is 2.27.